The molecule has 0 bridgehead atoms. The summed E-state index contributed by atoms with van der Waals surface area (Å²) in [5.74, 6) is -2.11. The lowest BCUT2D eigenvalue weighted by Gasteiger charge is -2.09. The van der Waals surface area contributed by atoms with E-state index < -0.39 is 23.9 Å². The third-order valence-electron chi connectivity index (χ3n) is 2.09. The molecule has 8 nitrogen and oxygen atoms in total. The van der Waals surface area contributed by atoms with Crippen LogP contribution in [0.5, 0.6) is 0 Å². The van der Waals surface area contributed by atoms with Crippen LogP contribution in [-0.2, 0) is 4.74 Å². The Labute approximate surface area is 112 Å². The van der Waals surface area contributed by atoms with E-state index in [1.165, 1.54) is 0 Å². The lowest BCUT2D eigenvalue weighted by atomic mass is 10.2. The van der Waals surface area contributed by atoms with Crippen molar-refractivity contribution in [2.24, 2.45) is 5.73 Å². The molecule has 0 fully saturated rings. The second-order valence-electron chi connectivity index (χ2n) is 3.54. The molecule has 108 valence electrons. The minimum absolute atomic E-state index is 0.0155. The summed E-state index contributed by atoms with van der Waals surface area (Å²) >= 11 is 0. The van der Waals surface area contributed by atoms with Crippen LogP contribution in [0.25, 0.3) is 0 Å². The Morgan fingerprint density at radius 3 is 2.65 bits per heavy atom. The molecule has 20 heavy (non-hydrogen) atoms. The quantitative estimate of drug-likeness (QED) is 0.593. The van der Waals surface area contributed by atoms with Crippen molar-refractivity contribution in [1.82, 2.24) is 5.32 Å². The largest absolute Gasteiger partial charge is 0.478 e. The fourth-order valence-corrected chi connectivity index (χ4v) is 1.29. The zero-order valence-electron chi connectivity index (χ0n) is 10.2. The topological polar surface area (TPSA) is 131 Å². The molecule has 1 aromatic rings. The van der Waals surface area contributed by atoms with Crippen molar-refractivity contribution in [1.29, 1.82) is 0 Å². The maximum atomic E-state index is 12.9. The van der Waals surface area contributed by atoms with E-state index in [2.05, 4.69) is 15.4 Å². The van der Waals surface area contributed by atoms with E-state index in [0.29, 0.717) is 0 Å². The fraction of sp³-hybridized carbons (Fsp3) is 0.182. The van der Waals surface area contributed by atoms with Crippen LogP contribution in [0.15, 0.2) is 18.2 Å². The Hall–Kier alpha value is -2.84. The van der Waals surface area contributed by atoms with Crippen molar-refractivity contribution in [3.8, 4) is 0 Å². The van der Waals surface area contributed by atoms with Crippen LogP contribution in [0.3, 0.4) is 0 Å². The number of benzene rings is 1. The summed E-state index contributed by atoms with van der Waals surface area (Å²) in [5.41, 5.74) is 4.27. The first kappa shape index (κ1) is 15.2. The van der Waals surface area contributed by atoms with Crippen molar-refractivity contribution in [2.45, 2.75) is 0 Å². The molecule has 0 aliphatic heterocycles. The monoisotopic (exact) mass is 285 g/mol. The first-order valence-corrected chi connectivity index (χ1v) is 5.40. The average Bonchev–Trinajstić information content (AvgIpc) is 2.36. The molecule has 0 saturated carbocycles. The normalized spacial score (nSPS) is 9.65. The molecule has 1 aromatic carbocycles. The summed E-state index contributed by atoms with van der Waals surface area (Å²) in [5, 5.41) is 13.4. The SMILES string of the molecule is NC(=O)OCCNC(=O)Nc1ccc(F)cc1C(=O)O. The lowest BCUT2D eigenvalue weighted by molar-refractivity contribution is 0.0697. The molecule has 0 saturated heterocycles. The predicted molar refractivity (Wildman–Crippen MR) is 65.9 cm³/mol. The summed E-state index contributed by atoms with van der Waals surface area (Å²) < 4.78 is 17.3. The van der Waals surface area contributed by atoms with Crippen LogP contribution in [0.1, 0.15) is 10.4 Å². The number of hydrogen-bond acceptors (Lipinski definition) is 4. The highest BCUT2D eigenvalue weighted by atomic mass is 19.1. The van der Waals surface area contributed by atoms with E-state index in [0.717, 1.165) is 18.2 Å². The van der Waals surface area contributed by atoms with E-state index in [4.69, 9.17) is 10.8 Å². The van der Waals surface area contributed by atoms with E-state index >= 15 is 0 Å². The number of aromatic carboxylic acids is 1. The molecule has 3 amide bonds. The summed E-state index contributed by atoms with van der Waals surface area (Å²) in [6, 6.07) is 2.19. The molecule has 5 N–H and O–H groups in total. The van der Waals surface area contributed by atoms with Crippen LogP contribution >= 0.6 is 0 Å². The number of carboxylic acid groups (broad SMARTS) is 1. The first-order valence-electron chi connectivity index (χ1n) is 5.40. The molecule has 0 atom stereocenters. The van der Waals surface area contributed by atoms with Crippen molar-refractivity contribution in [2.75, 3.05) is 18.5 Å². The van der Waals surface area contributed by atoms with Crippen LogP contribution in [0.2, 0.25) is 0 Å². The highest BCUT2D eigenvalue weighted by Crippen LogP contribution is 2.16. The van der Waals surface area contributed by atoms with Crippen molar-refractivity contribution >= 4 is 23.8 Å². The van der Waals surface area contributed by atoms with E-state index in [1.54, 1.807) is 0 Å². The third kappa shape index (κ3) is 4.80. The highest BCUT2D eigenvalue weighted by Gasteiger charge is 2.13. The molecule has 0 heterocycles. The van der Waals surface area contributed by atoms with Gasteiger partial charge in [-0.05, 0) is 18.2 Å². The number of carbonyl (C=O) groups excluding carboxylic acids is 2. The number of nitrogens with two attached hydrogens (primary N) is 1. The Bertz CT molecular complexity index is 535. The second-order valence-corrected chi connectivity index (χ2v) is 3.54. The maximum Gasteiger partial charge on any atom is 0.404 e. The van der Waals surface area contributed by atoms with E-state index in [9.17, 15) is 18.8 Å². The van der Waals surface area contributed by atoms with Gasteiger partial charge in [-0.25, -0.2) is 18.8 Å². The molecule has 0 aliphatic carbocycles. The minimum atomic E-state index is -1.38. The number of urea groups is 1. The molecule has 0 aromatic heterocycles. The number of carbonyl (C=O) groups is 3. The highest BCUT2D eigenvalue weighted by molar-refractivity contribution is 5.99. The van der Waals surface area contributed by atoms with Gasteiger partial charge in [-0.3, -0.25) is 0 Å². The first-order chi connectivity index (χ1) is 9.40. The molecule has 0 spiro atoms. The van der Waals surface area contributed by atoms with Crippen LogP contribution in [-0.4, -0.2) is 36.4 Å². The Kier molecular flexibility index (Phi) is 5.27. The van der Waals surface area contributed by atoms with Gasteiger partial charge in [0.05, 0.1) is 17.8 Å². The zero-order valence-corrected chi connectivity index (χ0v) is 10.2. The number of amides is 3. The zero-order chi connectivity index (χ0) is 15.1. The number of nitrogens with one attached hydrogen (secondary N) is 2. The predicted octanol–water partition coefficient (Wildman–Crippen LogP) is 0.741. The van der Waals surface area contributed by atoms with Crippen molar-refractivity contribution in [3.05, 3.63) is 29.6 Å². The van der Waals surface area contributed by atoms with Gasteiger partial charge in [0.25, 0.3) is 0 Å². The third-order valence-corrected chi connectivity index (χ3v) is 2.09. The van der Waals surface area contributed by atoms with Crippen molar-refractivity contribution < 1.29 is 28.6 Å². The number of primary amides is 1. The number of hydrogen-bond donors (Lipinski definition) is 4. The van der Waals surface area contributed by atoms with E-state index in [-0.39, 0.29) is 24.4 Å². The van der Waals surface area contributed by atoms with Gasteiger partial charge in [0.2, 0.25) is 0 Å². The molecule has 1 rings (SSSR count). The number of halogens is 1. The standard InChI is InChI=1S/C11H12FN3O5/c12-6-1-2-8(7(5-6)9(16)17)15-11(19)14-3-4-20-10(13)18/h1-2,5H,3-4H2,(H2,13,18)(H,16,17)(H2,14,15,19). The lowest BCUT2D eigenvalue weighted by Crippen LogP contribution is -2.33. The summed E-state index contributed by atoms with van der Waals surface area (Å²) in [4.78, 5) is 32.6. The second kappa shape index (κ2) is 6.92. The van der Waals surface area contributed by atoms with Gasteiger partial charge < -0.3 is 26.2 Å². The van der Waals surface area contributed by atoms with Crippen LogP contribution in [0, 0.1) is 5.82 Å². The summed E-state index contributed by atoms with van der Waals surface area (Å²) in [7, 11) is 0. The van der Waals surface area contributed by atoms with Crippen molar-refractivity contribution in [3.63, 3.8) is 0 Å². The summed E-state index contributed by atoms with van der Waals surface area (Å²) in [6.45, 7) is -0.143. The van der Waals surface area contributed by atoms with Gasteiger partial charge in [0.15, 0.2) is 0 Å². The molecule has 0 unspecified atom stereocenters. The van der Waals surface area contributed by atoms with Crippen LogP contribution < -0.4 is 16.4 Å². The van der Waals surface area contributed by atoms with Gasteiger partial charge in [-0.1, -0.05) is 0 Å². The molecule has 0 radical (unpaired) electrons. The number of rotatable bonds is 5. The van der Waals surface area contributed by atoms with Gasteiger partial charge in [0, 0.05) is 0 Å². The van der Waals surface area contributed by atoms with Gasteiger partial charge in [0.1, 0.15) is 12.4 Å². The van der Waals surface area contributed by atoms with Gasteiger partial charge >= 0.3 is 18.1 Å². The smallest absolute Gasteiger partial charge is 0.404 e. The van der Waals surface area contributed by atoms with Crippen LogP contribution in [0.4, 0.5) is 19.7 Å². The molecule has 9 heteroatoms. The molecular formula is C11H12FN3O5. The van der Waals surface area contributed by atoms with E-state index in [1.807, 2.05) is 0 Å². The average molecular weight is 285 g/mol. The van der Waals surface area contributed by atoms with Gasteiger partial charge in [-0.15, -0.1) is 0 Å². The Morgan fingerprint density at radius 1 is 1.35 bits per heavy atom. The Balaban J connectivity index is 2.57. The molecule has 0 aliphatic rings. The maximum absolute atomic E-state index is 12.9. The minimum Gasteiger partial charge on any atom is -0.478 e. The molecular weight excluding hydrogens is 273 g/mol. The summed E-state index contributed by atoms with van der Waals surface area (Å²) in [6.07, 6.45) is -0.973. The van der Waals surface area contributed by atoms with Gasteiger partial charge in [-0.2, -0.15) is 0 Å². The fourth-order valence-electron chi connectivity index (χ4n) is 1.29. The number of carboxylic acids is 1. The number of anilines is 1. The number of ether oxygens (including phenoxy) is 1. The Morgan fingerprint density at radius 2 is 2.05 bits per heavy atom.